The molecule has 3 unspecified atom stereocenters. The van der Waals surface area contributed by atoms with Gasteiger partial charge in [0.1, 0.15) is 6.04 Å². The summed E-state index contributed by atoms with van der Waals surface area (Å²) in [5.41, 5.74) is 0. The van der Waals surface area contributed by atoms with Crippen LogP contribution in [0, 0.1) is 11.8 Å². The van der Waals surface area contributed by atoms with Gasteiger partial charge in [-0.25, -0.2) is 4.79 Å². The molecule has 108 valence electrons. The van der Waals surface area contributed by atoms with Gasteiger partial charge >= 0.3 is 18.1 Å². The third-order valence-electron chi connectivity index (χ3n) is 4.21. The van der Waals surface area contributed by atoms with E-state index in [-0.39, 0.29) is 18.4 Å². The number of rotatable bonds is 1. The van der Waals surface area contributed by atoms with Crippen molar-refractivity contribution in [2.24, 2.45) is 11.8 Å². The lowest BCUT2D eigenvalue weighted by molar-refractivity contribution is -0.195. The zero-order chi connectivity index (χ0) is 14.2. The normalized spacial score (nSPS) is 31.7. The molecule has 3 atom stereocenters. The molecular weight excluding hydrogens is 263 g/mol. The SMILES string of the molecule is O=C(O)C1C2CCCCC2CCN1C(=O)C(F)(F)F. The van der Waals surface area contributed by atoms with Crippen molar-refractivity contribution < 1.29 is 27.9 Å². The maximum absolute atomic E-state index is 12.5. The third kappa shape index (κ3) is 2.69. The van der Waals surface area contributed by atoms with Crippen LogP contribution in [0.15, 0.2) is 0 Å². The highest BCUT2D eigenvalue weighted by Crippen LogP contribution is 2.41. The van der Waals surface area contributed by atoms with E-state index in [0.717, 1.165) is 19.3 Å². The van der Waals surface area contributed by atoms with Gasteiger partial charge in [-0.15, -0.1) is 0 Å². The Morgan fingerprint density at radius 3 is 2.32 bits per heavy atom. The molecule has 1 aliphatic carbocycles. The Morgan fingerprint density at radius 1 is 1.11 bits per heavy atom. The number of fused-ring (bicyclic) bond motifs is 1. The minimum Gasteiger partial charge on any atom is -0.480 e. The van der Waals surface area contributed by atoms with E-state index in [9.17, 15) is 27.9 Å². The number of carbonyl (C=O) groups is 2. The fraction of sp³-hybridized carbons (Fsp3) is 0.833. The molecule has 1 saturated carbocycles. The number of carboxylic acid groups (broad SMARTS) is 1. The molecule has 4 nitrogen and oxygen atoms in total. The molecule has 1 saturated heterocycles. The van der Waals surface area contributed by atoms with Crippen molar-refractivity contribution in [1.82, 2.24) is 4.90 Å². The number of piperidine rings is 1. The average molecular weight is 279 g/mol. The van der Waals surface area contributed by atoms with E-state index in [0.29, 0.717) is 17.7 Å². The summed E-state index contributed by atoms with van der Waals surface area (Å²) < 4.78 is 37.5. The lowest BCUT2D eigenvalue weighted by Crippen LogP contribution is -2.58. The summed E-state index contributed by atoms with van der Waals surface area (Å²) in [5, 5.41) is 9.20. The van der Waals surface area contributed by atoms with Crippen LogP contribution in [0.2, 0.25) is 0 Å². The van der Waals surface area contributed by atoms with Crippen LogP contribution < -0.4 is 0 Å². The standard InChI is InChI=1S/C12H16F3NO3/c13-12(14,15)11(19)16-6-5-7-3-1-2-4-8(7)9(16)10(17)18/h7-9H,1-6H2,(H,17,18). The van der Waals surface area contributed by atoms with Gasteiger partial charge in [-0.2, -0.15) is 13.2 Å². The number of alkyl halides is 3. The number of hydrogen-bond acceptors (Lipinski definition) is 2. The first-order chi connectivity index (χ1) is 8.82. The summed E-state index contributed by atoms with van der Waals surface area (Å²) in [6.07, 6.45) is -1.29. The second kappa shape index (κ2) is 5.02. The zero-order valence-electron chi connectivity index (χ0n) is 10.3. The maximum atomic E-state index is 12.5. The highest BCUT2D eigenvalue weighted by Gasteiger charge is 2.51. The van der Waals surface area contributed by atoms with E-state index in [1.807, 2.05) is 0 Å². The van der Waals surface area contributed by atoms with Crippen LogP contribution in [0.5, 0.6) is 0 Å². The number of likely N-dealkylation sites (tertiary alicyclic amines) is 1. The molecule has 1 N–H and O–H groups in total. The van der Waals surface area contributed by atoms with Crippen LogP contribution in [0.4, 0.5) is 13.2 Å². The first kappa shape index (κ1) is 14.1. The molecule has 1 amide bonds. The molecule has 1 aliphatic heterocycles. The van der Waals surface area contributed by atoms with E-state index in [2.05, 4.69) is 0 Å². The number of amides is 1. The summed E-state index contributed by atoms with van der Waals surface area (Å²) in [6.45, 7) is -0.115. The Morgan fingerprint density at radius 2 is 1.74 bits per heavy atom. The molecule has 1 heterocycles. The molecule has 2 rings (SSSR count). The van der Waals surface area contributed by atoms with Gasteiger partial charge < -0.3 is 10.0 Å². The summed E-state index contributed by atoms with van der Waals surface area (Å²) in [6, 6.07) is -1.33. The Kier molecular flexibility index (Phi) is 3.73. The molecule has 2 fully saturated rings. The van der Waals surface area contributed by atoms with Crippen LogP contribution in [-0.2, 0) is 9.59 Å². The summed E-state index contributed by atoms with van der Waals surface area (Å²) in [7, 11) is 0. The number of hydrogen-bond donors (Lipinski definition) is 1. The molecule has 0 aromatic heterocycles. The van der Waals surface area contributed by atoms with Gasteiger partial charge in [0.25, 0.3) is 0 Å². The molecule has 2 aliphatic rings. The second-order valence-electron chi connectivity index (χ2n) is 5.28. The zero-order valence-corrected chi connectivity index (χ0v) is 10.3. The molecule has 19 heavy (non-hydrogen) atoms. The number of carboxylic acids is 1. The lowest BCUT2D eigenvalue weighted by Gasteiger charge is -2.45. The third-order valence-corrected chi connectivity index (χ3v) is 4.21. The predicted molar refractivity (Wildman–Crippen MR) is 59.3 cm³/mol. The molecule has 0 aromatic carbocycles. The number of nitrogens with zero attached hydrogens (tertiary/aromatic N) is 1. The van der Waals surface area contributed by atoms with E-state index in [4.69, 9.17) is 0 Å². The van der Waals surface area contributed by atoms with Crippen molar-refractivity contribution in [3.05, 3.63) is 0 Å². The maximum Gasteiger partial charge on any atom is 0.471 e. The van der Waals surface area contributed by atoms with Crippen LogP contribution in [0.1, 0.15) is 32.1 Å². The van der Waals surface area contributed by atoms with Gasteiger partial charge in [0.2, 0.25) is 0 Å². The minimum atomic E-state index is -5.00. The lowest BCUT2D eigenvalue weighted by atomic mass is 9.71. The predicted octanol–water partition coefficient (Wildman–Crippen LogP) is 2.04. The van der Waals surface area contributed by atoms with Crippen molar-refractivity contribution in [2.75, 3.05) is 6.54 Å². The molecule has 7 heteroatoms. The van der Waals surface area contributed by atoms with Crippen molar-refractivity contribution in [3.8, 4) is 0 Å². The monoisotopic (exact) mass is 279 g/mol. The fourth-order valence-electron chi connectivity index (χ4n) is 3.39. The molecule has 0 spiro atoms. The van der Waals surface area contributed by atoms with E-state index >= 15 is 0 Å². The van der Waals surface area contributed by atoms with Gasteiger partial charge in [-0.05, 0) is 24.7 Å². The van der Waals surface area contributed by atoms with Gasteiger partial charge in [0, 0.05) is 6.54 Å². The fourth-order valence-corrected chi connectivity index (χ4v) is 3.39. The average Bonchev–Trinajstić information content (AvgIpc) is 2.35. The topological polar surface area (TPSA) is 57.6 Å². The highest BCUT2D eigenvalue weighted by atomic mass is 19.4. The second-order valence-corrected chi connectivity index (χ2v) is 5.28. The Bertz CT molecular complexity index is 383. The quantitative estimate of drug-likeness (QED) is 0.799. The Hall–Kier alpha value is -1.27. The van der Waals surface area contributed by atoms with Crippen molar-refractivity contribution in [1.29, 1.82) is 0 Å². The number of aliphatic carboxylic acids is 1. The van der Waals surface area contributed by atoms with Crippen LogP contribution >= 0.6 is 0 Å². The summed E-state index contributed by atoms with van der Waals surface area (Å²) in [5.74, 6) is -3.56. The van der Waals surface area contributed by atoms with Crippen molar-refractivity contribution >= 4 is 11.9 Å². The van der Waals surface area contributed by atoms with Crippen LogP contribution in [0.3, 0.4) is 0 Å². The van der Waals surface area contributed by atoms with Crippen molar-refractivity contribution in [2.45, 2.75) is 44.3 Å². The van der Waals surface area contributed by atoms with Crippen LogP contribution in [0.25, 0.3) is 0 Å². The largest absolute Gasteiger partial charge is 0.480 e. The minimum absolute atomic E-state index is 0.115. The molecule has 0 bridgehead atoms. The van der Waals surface area contributed by atoms with Crippen LogP contribution in [-0.4, -0.2) is 40.6 Å². The van der Waals surface area contributed by atoms with E-state index < -0.39 is 24.1 Å². The highest BCUT2D eigenvalue weighted by molar-refractivity contribution is 5.87. The van der Waals surface area contributed by atoms with E-state index in [1.165, 1.54) is 0 Å². The molecule has 0 aromatic rings. The number of carbonyl (C=O) groups excluding carboxylic acids is 1. The van der Waals surface area contributed by atoms with Gasteiger partial charge in [0.05, 0.1) is 0 Å². The number of halogens is 3. The smallest absolute Gasteiger partial charge is 0.471 e. The molecular formula is C12H16F3NO3. The Labute approximate surface area is 108 Å². The Balaban J connectivity index is 2.24. The first-order valence-corrected chi connectivity index (χ1v) is 6.43. The summed E-state index contributed by atoms with van der Waals surface area (Å²) in [4.78, 5) is 23.1. The van der Waals surface area contributed by atoms with E-state index in [1.54, 1.807) is 0 Å². The van der Waals surface area contributed by atoms with Crippen molar-refractivity contribution in [3.63, 3.8) is 0 Å². The van der Waals surface area contributed by atoms with Gasteiger partial charge in [-0.3, -0.25) is 4.79 Å². The summed E-state index contributed by atoms with van der Waals surface area (Å²) >= 11 is 0. The van der Waals surface area contributed by atoms with Gasteiger partial charge in [0.15, 0.2) is 0 Å². The van der Waals surface area contributed by atoms with Gasteiger partial charge in [-0.1, -0.05) is 19.3 Å². The molecule has 0 radical (unpaired) electrons. The first-order valence-electron chi connectivity index (χ1n) is 6.43.